The second-order valence-corrected chi connectivity index (χ2v) is 6.47. The fourth-order valence-corrected chi connectivity index (χ4v) is 3.08. The van der Waals surface area contributed by atoms with Gasteiger partial charge < -0.3 is 10.1 Å². The van der Waals surface area contributed by atoms with Crippen molar-refractivity contribution < 1.29 is 13.5 Å². The fraction of sp³-hybridized carbons (Fsp3) is 0.625. The first-order valence-electron chi connectivity index (χ1n) is 8.26. The summed E-state index contributed by atoms with van der Waals surface area (Å²) in [7, 11) is 0. The lowest BCUT2D eigenvalue weighted by molar-refractivity contribution is -0.0363. The molecule has 3 heterocycles. The van der Waals surface area contributed by atoms with Crippen LogP contribution >= 0.6 is 11.6 Å². The van der Waals surface area contributed by atoms with E-state index < -0.39 is 12.7 Å². The molecule has 1 aliphatic heterocycles. The number of aromatic nitrogens is 3. The molecule has 2 aromatic rings. The van der Waals surface area contributed by atoms with Gasteiger partial charge in [-0.1, -0.05) is 18.5 Å². The Morgan fingerprint density at radius 3 is 2.83 bits per heavy atom. The number of fused-ring (bicyclic) bond motifs is 1. The maximum Gasteiger partial charge on any atom is 0.295 e. The molecule has 0 spiro atoms. The number of hydrogen-bond acceptors (Lipinski definition) is 4. The summed E-state index contributed by atoms with van der Waals surface area (Å²) in [6.07, 6.45) is 0.215. The highest BCUT2D eigenvalue weighted by Gasteiger charge is 2.28. The summed E-state index contributed by atoms with van der Waals surface area (Å²) in [5.41, 5.74) is 1.37. The van der Waals surface area contributed by atoms with Gasteiger partial charge in [-0.05, 0) is 32.6 Å². The molecule has 0 saturated carbocycles. The number of anilines is 1. The molecule has 5 nitrogen and oxygen atoms in total. The summed E-state index contributed by atoms with van der Waals surface area (Å²) in [5.74, 6) is -0.320. The summed E-state index contributed by atoms with van der Waals surface area (Å²) in [4.78, 5) is 8.43. The summed E-state index contributed by atoms with van der Waals surface area (Å²) in [5, 5.41) is 3.51. The van der Waals surface area contributed by atoms with Gasteiger partial charge in [0.1, 0.15) is 16.9 Å². The van der Waals surface area contributed by atoms with Crippen molar-refractivity contribution in [2.45, 2.75) is 58.2 Å². The predicted octanol–water partition coefficient (Wildman–Crippen LogP) is 4.93. The average Bonchev–Trinajstić information content (AvgIpc) is 2.95. The van der Waals surface area contributed by atoms with Gasteiger partial charge in [-0.3, -0.25) is 4.57 Å². The third kappa shape index (κ3) is 3.32. The topological polar surface area (TPSA) is 52.0 Å². The highest BCUT2D eigenvalue weighted by atomic mass is 35.5. The van der Waals surface area contributed by atoms with Crippen molar-refractivity contribution in [3.8, 4) is 0 Å². The van der Waals surface area contributed by atoms with Gasteiger partial charge in [0, 0.05) is 18.7 Å². The van der Waals surface area contributed by atoms with Crippen LogP contribution in [0.1, 0.15) is 58.0 Å². The van der Waals surface area contributed by atoms with Crippen molar-refractivity contribution in [3.05, 3.63) is 17.0 Å². The van der Waals surface area contributed by atoms with Gasteiger partial charge in [0.2, 0.25) is 0 Å². The zero-order chi connectivity index (χ0) is 17.3. The molecular weight excluding hydrogens is 338 g/mol. The van der Waals surface area contributed by atoms with E-state index >= 15 is 0 Å². The van der Waals surface area contributed by atoms with Crippen molar-refractivity contribution in [1.29, 1.82) is 0 Å². The molecule has 2 aromatic heterocycles. The maximum atomic E-state index is 13.6. The molecule has 2 atom stereocenters. The molecule has 1 saturated heterocycles. The largest absolute Gasteiger partial charge is 0.381 e. The van der Waals surface area contributed by atoms with Crippen LogP contribution in [-0.2, 0) is 4.74 Å². The Hall–Kier alpha value is -1.47. The van der Waals surface area contributed by atoms with Crippen LogP contribution in [0.2, 0.25) is 5.15 Å². The van der Waals surface area contributed by atoms with Gasteiger partial charge in [-0.15, -0.1) is 0 Å². The van der Waals surface area contributed by atoms with Crippen molar-refractivity contribution in [2.75, 3.05) is 11.9 Å². The number of alkyl halides is 2. The molecule has 3 rings (SSSR count). The van der Waals surface area contributed by atoms with Gasteiger partial charge in [0.25, 0.3) is 6.43 Å². The molecule has 0 radical (unpaired) electrons. The Labute approximate surface area is 144 Å². The zero-order valence-electron chi connectivity index (χ0n) is 13.7. The fourth-order valence-electron chi connectivity index (χ4n) is 2.89. The van der Waals surface area contributed by atoms with E-state index in [2.05, 4.69) is 15.3 Å². The first-order valence-corrected chi connectivity index (χ1v) is 8.63. The van der Waals surface area contributed by atoms with Crippen LogP contribution in [0, 0.1) is 0 Å². The lowest BCUT2D eigenvalue weighted by atomic mass is 10.2. The van der Waals surface area contributed by atoms with Crippen LogP contribution in [0.3, 0.4) is 0 Å². The van der Waals surface area contributed by atoms with E-state index in [1.807, 2.05) is 13.8 Å². The highest BCUT2D eigenvalue weighted by molar-refractivity contribution is 6.30. The normalized spacial score (nSPS) is 19.8. The molecule has 1 N–H and O–H groups in total. The minimum Gasteiger partial charge on any atom is -0.381 e. The third-order valence-electron chi connectivity index (χ3n) is 4.30. The molecule has 24 heavy (non-hydrogen) atoms. The van der Waals surface area contributed by atoms with Gasteiger partial charge in [-0.2, -0.15) is 0 Å². The lowest BCUT2D eigenvalue weighted by Gasteiger charge is -2.25. The number of ether oxygens (including phenoxy) is 1. The van der Waals surface area contributed by atoms with E-state index in [0.717, 1.165) is 19.3 Å². The molecule has 0 bridgehead atoms. The number of hydrogen-bond donors (Lipinski definition) is 1. The number of pyridine rings is 1. The zero-order valence-corrected chi connectivity index (χ0v) is 14.5. The molecule has 2 unspecified atom stereocenters. The third-order valence-corrected chi connectivity index (χ3v) is 4.49. The second kappa shape index (κ2) is 7.19. The smallest absolute Gasteiger partial charge is 0.295 e. The van der Waals surface area contributed by atoms with Crippen LogP contribution in [0.25, 0.3) is 11.2 Å². The highest BCUT2D eigenvalue weighted by Crippen LogP contribution is 2.35. The number of imidazole rings is 1. The molecule has 132 valence electrons. The van der Waals surface area contributed by atoms with Crippen LogP contribution < -0.4 is 5.32 Å². The molecule has 0 aromatic carbocycles. The number of nitrogens with one attached hydrogen (secondary N) is 1. The minimum atomic E-state index is -2.71. The van der Waals surface area contributed by atoms with Crippen LogP contribution in [0.4, 0.5) is 14.5 Å². The summed E-state index contributed by atoms with van der Waals surface area (Å²) < 4.78 is 34.2. The minimum absolute atomic E-state index is 0.165. The molecule has 1 fully saturated rings. The molecule has 0 amide bonds. The van der Waals surface area contributed by atoms with Gasteiger partial charge in [0.05, 0.1) is 5.69 Å². The van der Waals surface area contributed by atoms with E-state index in [9.17, 15) is 8.78 Å². The molecular formula is C16H21ClF2N4O. The Morgan fingerprint density at radius 2 is 2.21 bits per heavy atom. The van der Waals surface area contributed by atoms with Crippen molar-refractivity contribution in [1.82, 2.24) is 14.5 Å². The SMILES string of the molecule is CCC(C)Nc1cc(Cl)nc2c1nc(C(F)F)n2C1CCCCO1. The maximum absolute atomic E-state index is 13.6. The number of halogens is 3. The van der Waals surface area contributed by atoms with Crippen LogP contribution in [0.5, 0.6) is 0 Å². The van der Waals surface area contributed by atoms with Crippen molar-refractivity contribution >= 4 is 28.5 Å². The summed E-state index contributed by atoms with van der Waals surface area (Å²) in [6, 6.07) is 1.79. The number of rotatable bonds is 5. The molecule has 8 heteroatoms. The Balaban J connectivity index is 2.15. The van der Waals surface area contributed by atoms with Crippen molar-refractivity contribution in [3.63, 3.8) is 0 Å². The second-order valence-electron chi connectivity index (χ2n) is 6.08. The van der Waals surface area contributed by atoms with E-state index in [1.165, 1.54) is 4.57 Å². The van der Waals surface area contributed by atoms with Gasteiger partial charge in [0.15, 0.2) is 11.5 Å². The Morgan fingerprint density at radius 1 is 1.42 bits per heavy atom. The van der Waals surface area contributed by atoms with Crippen LogP contribution in [-0.4, -0.2) is 27.2 Å². The standard InChI is InChI=1S/C16H21ClF2N4O/c1-3-9(2)20-10-8-11(17)21-15-13(10)22-16(14(18)19)23(15)12-6-4-5-7-24-12/h8-9,12,14H,3-7H2,1-2H3,(H,20,21). The lowest BCUT2D eigenvalue weighted by Crippen LogP contribution is -2.20. The van der Waals surface area contributed by atoms with Gasteiger partial charge in [-0.25, -0.2) is 18.7 Å². The Kier molecular flexibility index (Phi) is 5.20. The van der Waals surface area contributed by atoms with E-state index in [0.29, 0.717) is 29.9 Å². The molecule has 0 aliphatic carbocycles. The quantitative estimate of drug-likeness (QED) is 0.770. The predicted molar refractivity (Wildman–Crippen MR) is 89.7 cm³/mol. The first kappa shape index (κ1) is 17.4. The first-order chi connectivity index (χ1) is 11.5. The monoisotopic (exact) mass is 358 g/mol. The van der Waals surface area contributed by atoms with Gasteiger partial charge >= 0.3 is 0 Å². The molecule has 1 aliphatic rings. The van der Waals surface area contributed by atoms with E-state index in [-0.39, 0.29) is 17.0 Å². The average molecular weight is 359 g/mol. The van der Waals surface area contributed by atoms with Crippen LogP contribution in [0.15, 0.2) is 6.07 Å². The number of nitrogens with zero attached hydrogens (tertiary/aromatic N) is 3. The summed E-state index contributed by atoms with van der Waals surface area (Å²) >= 11 is 6.13. The van der Waals surface area contributed by atoms with E-state index in [1.54, 1.807) is 6.07 Å². The van der Waals surface area contributed by atoms with Crippen molar-refractivity contribution in [2.24, 2.45) is 0 Å². The Bertz CT molecular complexity index is 716. The van der Waals surface area contributed by atoms with E-state index in [4.69, 9.17) is 16.3 Å². The summed E-state index contributed by atoms with van der Waals surface area (Å²) in [6.45, 7) is 4.59.